The fraction of sp³-hybridized carbons (Fsp3) is 0.211. The van der Waals surface area contributed by atoms with Gasteiger partial charge in [0, 0.05) is 17.2 Å². The molecule has 2 aromatic rings. The topological polar surface area (TPSA) is 98.9 Å². The van der Waals surface area contributed by atoms with Crippen LogP contribution >= 0.6 is 0 Å². The Bertz CT molecular complexity index is 932. The number of nitro benzene ring substituents is 1. The summed E-state index contributed by atoms with van der Waals surface area (Å²) in [4.78, 5) is 23.2. The maximum atomic E-state index is 12.7. The first-order chi connectivity index (χ1) is 12.4. The van der Waals surface area contributed by atoms with Gasteiger partial charge >= 0.3 is 5.69 Å². The van der Waals surface area contributed by atoms with Crippen LogP contribution in [-0.4, -0.2) is 30.0 Å². The highest BCUT2D eigenvalue weighted by molar-refractivity contribution is 6.13. The Hall–Kier alpha value is -3.35. The minimum absolute atomic E-state index is 0.0144. The molecule has 1 aliphatic carbocycles. The highest BCUT2D eigenvalue weighted by Gasteiger charge is 2.24. The van der Waals surface area contributed by atoms with Gasteiger partial charge in [-0.3, -0.25) is 14.9 Å². The Morgan fingerprint density at radius 3 is 2.58 bits per heavy atom. The monoisotopic (exact) mass is 355 g/mol. The number of phenols is 1. The summed E-state index contributed by atoms with van der Waals surface area (Å²) in [7, 11) is 2.88. The molecule has 0 heterocycles. The number of aromatic hydroxyl groups is 1. The molecule has 0 amide bonds. The van der Waals surface area contributed by atoms with Crippen molar-refractivity contribution in [2.75, 3.05) is 14.2 Å². The number of rotatable bonds is 4. The number of benzene rings is 2. The summed E-state index contributed by atoms with van der Waals surface area (Å²) >= 11 is 0. The number of allylic oxidation sites excluding steroid dienone is 1. The lowest BCUT2D eigenvalue weighted by Gasteiger charge is -2.18. The van der Waals surface area contributed by atoms with E-state index in [4.69, 9.17) is 9.47 Å². The molecule has 0 radical (unpaired) electrons. The number of ether oxygens (including phenoxy) is 2. The number of fused-ring (bicyclic) bond motifs is 1. The van der Waals surface area contributed by atoms with Crippen molar-refractivity contribution in [1.29, 1.82) is 0 Å². The first kappa shape index (κ1) is 17.5. The molecule has 26 heavy (non-hydrogen) atoms. The van der Waals surface area contributed by atoms with Gasteiger partial charge < -0.3 is 14.6 Å². The molecule has 7 nitrogen and oxygen atoms in total. The zero-order valence-corrected chi connectivity index (χ0v) is 14.3. The summed E-state index contributed by atoms with van der Waals surface area (Å²) in [6, 6.07) is 7.99. The number of methoxy groups -OCH3 is 2. The smallest absolute Gasteiger partial charge is 0.315 e. The Balaban J connectivity index is 2.02. The number of aryl methyl sites for hydroxylation is 1. The van der Waals surface area contributed by atoms with Gasteiger partial charge in [-0.25, -0.2) is 0 Å². The molecule has 134 valence electrons. The van der Waals surface area contributed by atoms with Crippen molar-refractivity contribution in [2.24, 2.45) is 0 Å². The minimum atomic E-state index is -0.690. The van der Waals surface area contributed by atoms with E-state index in [9.17, 15) is 20.0 Å². The standard InChI is InChI=1S/C19H17NO6/c1-25-14-5-6-15-12(10-14)3-4-13(18(15)21)7-11-8-16(20(23)24)19(22)17(9-11)26-2/h5-10,22H,3-4H2,1-2H3/b13-7+. The third-order valence-electron chi connectivity index (χ3n) is 4.35. The van der Waals surface area contributed by atoms with Crippen molar-refractivity contribution in [3.63, 3.8) is 0 Å². The predicted molar refractivity (Wildman–Crippen MR) is 94.9 cm³/mol. The van der Waals surface area contributed by atoms with E-state index in [-0.39, 0.29) is 11.5 Å². The van der Waals surface area contributed by atoms with Crippen LogP contribution in [0, 0.1) is 10.1 Å². The van der Waals surface area contributed by atoms with E-state index in [0.29, 0.717) is 35.3 Å². The Morgan fingerprint density at radius 1 is 1.15 bits per heavy atom. The van der Waals surface area contributed by atoms with Crippen LogP contribution in [0.5, 0.6) is 17.2 Å². The van der Waals surface area contributed by atoms with Gasteiger partial charge in [-0.1, -0.05) is 0 Å². The molecular formula is C19H17NO6. The largest absolute Gasteiger partial charge is 0.500 e. The van der Waals surface area contributed by atoms with Gasteiger partial charge in [0.25, 0.3) is 0 Å². The number of carbonyl (C=O) groups is 1. The highest BCUT2D eigenvalue weighted by Crippen LogP contribution is 2.38. The van der Waals surface area contributed by atoms with E-state index in [0.717, 1.165) is 5.56 Å². The fourth-order valence-corrected chi connectivity index (χ4v) is 3.01. The number of hydrogen-bond acceptors (Lipinski definition) is 6. The average molecular weight is 355 g/mol. The first-order valence-corrected chi connectivity index (χ1v) is 7.92. The molecule has 7 heteroatoms. The summed E-state index contributed by atoms with van der Waals surface area (Å²) in [6.45, 7) is 0. The third-order valence-corrected chi connectivity index (χ3v) is 4.35. The molecular weight excluding hydrogens is 338 g/mol. The number of carbonyl (C=O) groups excluding carboxylic acids is 1. The SMILES string of the molecule is COc1ccc2c(c1)CC/C(=C\c1cc(OC)c(O)c([N+](=O)[O-])c1)C2=O. The van der Waals surface area contributed by atoms with Crippen LogP contribution in [0.15, 0.2) is 35.9 Å². The van der Waals surface area contributed by atoms with Crippen LogP contribution in [0.1, 0.15) is 27.9 Å². The average Bonchev–Trinajstić information content (AvgIpc) is 2.64. The lowest BCUT2D eigenvalue weighted by atomic mass is 9.86. The summed E-state index contributed by atoms with van der Waals surface area (Å²) in [6.07, 6.45) is 2.78. The van der Waals surface area contributed by atoms with E-state index >= 15 is 0 Å². The second-order valence-electron chi connectivity index (χ2n) is 5.87. The number of ketones is 1. The third kappa shape index (κ3) is 3.11. The van der Waals surface area contributed by atoms with Gasteiger partial charge in [-0.2, -0.15) is 0 Å². The summed E-state index contributed by atoms with van der Waals surface area (Å²) in [5.74, 6) is 0.0259. The molecule has 0 unspecified atom stereocenters. The molecule has 0 atom stereocenters. The van der Waals surface area contributed by atoms with E-state index in [1.54, 1.807) is 25.3 Å². The minimum Gasteiger partial charge on any atom is -0.500 e. The van der Waals surface area contributed by atoms with Crippen LogP contribution in [0.25, 0.3) is 6.08 Å². The maximum absolute atomic E-state index is 12.7. The molecule has 0 fully saturated rings. The van der Waals surface area contributed by atoms with Crippen molar-refractivity contribution in [2.45, 2.75) is 12.8 Å². The summed E-state index contributed by atoms with van der Waals surface area (Å²) in [5, 5.41) is 21.0. The molecule has 0 bridgehead atoms. The van der Waals surface area contributed by atoms with Gasteiger partial charge in [-0.15, -0.1) is 0 Å². The molecule has 2 aromatic carbocycles. The Labute approximate surface area is 149 Å². The lowest BCUT2D eigenvalue weighted by Crippen LogP contribution is -2.14. The normalized spacial score (nSPS) is 14.8. The molecule has 0 spiro atoms. The number of nitro groups is 1. The van der Waals surface area contributed by atoms with E-state index in [1.807, 2.05) is 6.07 Å². The van der Waals surface area contributed by atoms with Crippen LogP contribution in [0.2, 0.25) is 0 Å². The quantitative estimate of drug-likeness (QED) is 0.512. The summed E-state index contributed by atoms with van der Waals surface area (Å²) in [5.41, 5.74) is 2.02. The van der Waals surface area contributed by atoms with Gasteiger partial charge in [-0.05, 0) is 54.3 Å². The molecule has 0 saturated carbocycles. The van der Waals surface area contributed by atoms with E-state index < -0.39 is 16.4 Å². The number of hydrogen-bond donors (Lipinski definition) is 1. The second kappa shape index (κ2) is 6.87. The highest BCUT2D eigenvalue weighted by atomic mass is 16.6. The second-order valence-corrected chi connectivity index (χ2v) is 5.87. The molecule has 1 N–H and O–H groups in total. The van der Waals surface area contributed by atoms with Crippen LogP contribution < -0.4 is 9.47 Å². The Kier molecular flexibility index (Phi) is 4.62. The van der Waals surface area contributed by atoms with Crippen LogP contribution in [-0.2, 0) is 6.42 Å². The van der Waals surface area contributed by atoms with Crippen molar-refractivity contribution in [3.8, 4) is 17.2 Å². The van der Waals surface area contributed by atoms with Crippen molar-refractivity contribution in [3.05, 3.63) is 62.7 Å². The van der Waals surface area contributed by atoms with Crippen LogP contribution in [0.3, 0.4) is 0 Å². The molecule has 0 aromatic heterocycles. The zero-order valence-electron chi connectivity index (χ0n) is 14.3. The van der Waals surface area contributed by atoms with Crippen molar-refractivity contribution >= 4 is 17.5 Å². The van der Waals surface area contributed by atoms with Crippen molar-refractivity contribution < 1.29 is 24.3 Å². The summed E-state index contributed by atoms with van der Waals surface area (Å²) < 4.78 is 10.2. The maximum Gasteiger partial charge on any atom is 0.315 e. The fourth-order valence-electron chi connectivity index (χ4n) is 3.01. The van der Waals surface area contributed by atoms with Gasteiger partial charge in [0.05, 0.1) is 19.1 Å². The Morgan fingerprint density at radius 2 is 1.92 bits per heavy atom. The van der Waals surface area contributed by atoms with Gasteiger partial charge in [0.2, 0.25) is 5.75 Å². The van der Waals surface area contributed by atoms with E-state index in [1.165, 1.54) is 19.2 Å². The lowest BCUT2D eigenvalue weighted by molar-refractivity contribution is -0.386. The van der Waals surface area contributed by atoms with Crippen LogP contribution in [0.4, 0.5) is 5.69 Å². The van der Waals surface area contributed by atoms with E-state index in [2.05, 4.69) is 0 Å². The van der Waals surface area contributed by atoms with Gasteiger partial charge in [0.15, 0.2) is 11.5 Å². The molecule has 3 rings (SSSR count). The first-order valence-electron chi connectivity index (χ1n) is 7.92. The molecule has 0 saturated heterocycles. The predicted octanol–water partition coefficient (Wildman–Crippen LogP) is 3.53. The van der Waals surface area contributed by atoms with Crippen molar-refractivity contribution in [1.82, 2.24) is 0 Å². The zero-order chi connectivity index (χ0) is 18.8. The number of phenolic OH excluding ortho intramolecular Hbond substituents is 1. The number of nitrogens with zero attached hydrogens (tertiary/aromatic N) is 1. The van der Waals surface area contributed by atoms with Gasteiger partial charge in [0.1, 0.15) is 5.75 Å². The molecule has 1 aliphatic rings. The number of Topliss-reactive ketones (excluding diaryl/α,β-unsaturated/α-hetero) is 1. The molecule has 0 aliphatic heterocycles.